The van der Waals surface area contributed by atoms with Gasteiger partial charge in [-0.2, -0.15) is 5.10 Å². The largest absolute Gasteiger partial charge is 0.497 e. The first-order valence-corrected chi connectivity index (χ1v) is 8.61. The Labute approximate surface area is 153 Å². The second-order valence-electron chi connectivity index (χ2n) is 6.26. The lowest BCUT2D eigenvalue weighted by Gasteiger charge is -2.08. The third-order valence-electron chi connectivity index (χ3n) is 4.44. The van der Waals surface area contributed by atoms with Gasteiger partial charge in [0.15, 0.2) is 0 Å². The molecule has 0 bridgehead atoms. The fourth-order valence-corrected chi connectivity index (χ4v) is 2.98. The van der Waals surface area contributed by atoms with Gasteiger partial charge in [0, 0.05) is 11.1 Å². The van der Waals surface area contributed by atoms with Gasteiger partial charge in [0.1, 0.15) is 5.75 Å². The standard InChI is InChI=1S/C23H20N2O/c1-17-8-10-18(11-9-17)22-16-23(19-12-14-21(26-2)15-13-19)25(24-22)20-6-4-3-5-7-20/h3-16H,1-2H3. The van der Waals surface area contributed by atoms with Crippen LogP contribution in [-0.4, -0.2) is 16.9 Å². The summed E-state index contributed by atoms with van der Waals surface area (Å²) in [5.74, 6) is 0.846. The summed E-state index contributed by atoms with van der Waals surface area (Å²) in [6.07, 6.45) is 0. The third-order valence-corrected chi connectivity index (χ3v) is 4.44. The summed E-state index contributed by atoms with van der Waals surface area (Å²) in [4.78, 5) is 0. The van der Waals surface area contributed by atoms with E-state index in [0.717, 1.165) is 34.0 Å². The predicted octanol–water partition coefficient (Wildman–Crippen LogP) is 5.52. The molecule has 0 radical (unpaired) electrons. The molecule has 3 heteroatoms. The van der Waals surface area contributed by atoms with Gasteiger partial charge in [0.2, 0.25) is 0 Å². The molecule has 1 aromatic heterocycles. The highest BCUT2D eigenvalue weighted by Crippen LogP contribution is 2.30. The maximum absolute atomic E-state index is 5.28. The third kappa shape index (κ3) is 3.11. The van der Waals surface area contributed by atoms with Crippen LogP contribution in [0.3, 0.4) is 0 Å². The summed E-state index contributed by atoms with van der Waals surface area (Å²) in [7, 11) is 1.68. The number of aromatic nitrogens is 2. The molecule has 0 aliphatic carbocycles. The van der Waals surface area contributed by atoms with Gasteiger partial charge in [-0.25, -0.2) is 4.68 Å². The second-order valence-corrected chi connectivity index (χ2v) is 6.26. The molecule has 0 saturated heterocycles. The van der Waals surface area contributed by atoms with Crippen molar-refractivity contribution in [1.82, 2.24) is 9.78 Å². The predicted molar refractivity (Wildman–Crippen MR) is 106 cm³/mol. The maximum atomic E-state index is 5.28. The minimum atomic E-state index is 0.846. The lowest BCUT2D eigenvalue weighted by molar-refractivity contribution is 0.415. The van der Waals surface area contributed by atoms with E-state index in [9.17, 15) is 0 Å². The zero-order chi connectivity index (χ0) is 17.9. The molecule has 3 nitrogen and oxygen atoms in total. The number of methoxy groups -OCH3 is 1. The van der Waals surface area contributed by atoms with Crippen LogP contribution in [0.4, 0.5) is 0 Å². The summed E-state index contributed by atoms with van der Waals surface area (Å²) < 4.78 is 7.28. The normalized spacial score (nSPS) is 10.7. The van der Waals surface area contributed by atoms with Crippen molar-refractivity contribution in [2.45, 2.75) is 6.92 Å². The number of hydrogen-bond acceptors (Lipinski definition) is 2. The SMILES string of the molecule is COc1ccc(-c2cc(-c3ccc(C)cc3)nn2-c2ccccc2)cc1. The van der Waals surface area contributed by atoms with E-state index in [4.69, 9.17) is 9.84 Å². The van der Waals surface area contributed by atoms with Gasteiger partial charge in [0.25, 0.3) is 0 Å². The van der Waals surface area contributed by atoms with Crippen LogP contribution in [0, 0.1) is 6.92 Å². The highest BCUT2D eigenvalue weighted by Gasteiger charge is 2.13. The molecule has 4 aromatic rings. The molecular weight excluding hydrogens is 320 g/mol. The molecule has 0 aliphatic rings. The van der Waals surface area contributed by atoms with Crippen molar-refractivity contribution in [1.29, 1.82) is 0 Å². The van der Waals surface area contributed by atoms with E-state index in [0.29, 0.717) is 0 Å². The van der Waals surface area contributed by atoms with E-state index < -0.39 is 0 Å². The lowest BCUT2D eigenvalue weighted by Crippen LogP contribution is -1.98. The second kappa shape index (κ2) is 6.89. The summed E-state index contributed by atoms with van der Waals surface area (Å²) in [6, 6.07) is 28.9. The van der Waals surface area contributed by atoms with Crippen LogP contribution in [-0.2, 0) is 0 Å². The summed E-state index contributed by atoms with van der Waals surface area (Å²) in [6.45, 7) is 2.09. The molecule has 1 heterocycles. The first-order chi connectivity index (χ1) is 12.7. The Morgan fingerprint density at radius 1 is 0.769 bits per heavy atom. The van der Waals surface area contributed by atoms with E-state index in [1.54, 1.807) is 7.11 Å². The molecule has 0 fully saturated rings. The van der Waals surface area contributed by atoms with Crippen molar-refractivity contribution in [3.05, 3.63) is 90.5 Å². The molecule has 0 unspecified atom stereocenters. The zero-order valence-corrected chi connectivity index (χ0v) is 14.9. The Balaban J connectivity index is 1.86. The Kier molecular flexibility index (Phi) is 4.28. The van der Waals surface area contributed by atoms with Crippen LogP contribution in [0.1, 0.15) is 5.56 Å². The van der Waals surface area contributed by atoms with Crippen molar-refractivity contribution < 1.29 is 4.74 Å². The van der Waals surface area contributed by atoms with Crippen molar-refractivity contribution in [3.8, 4) is 34.0 Å². The Bertz CT molecular complexity index is 1000. The number of para-hydroxylation sites is 1. The smallest absolute Gasteiger partial charge is 0.118 e. The van der Waals surface area contributed by atoms with Gasteiger partial charge in [-0.3, -0.25) is 0 Å². The number of benzene rings is 3. The van der Waals surface area contributed by atoms with Gasteiger partial charge in [-0.1, -0.05) is 48.0 Å². The average molecular weight is 340 g/mol. The molecule has 0 N–H and O–H groups in total. The number of rotatable bonds is 4. The van der Waals surface area contributed by atoms with Gasteiger partial charge in [-0.05, 0) is 49.4 Å². The number of ether oxygens (including phenoxy) is 1. The Morgan fingerprint density at radius 3 is 2.08 bits per heavy atom. The highest BCUT2D eigenvalue weighted by atomic mass is 16.5. The van der Waals surface area contributed by atoms with Crippen molar-refractivity contribution in [3.63, 3.8) is 0 Å². The summed E-state index contributed by atoms with van der Waals surface area (Å²) in [5, 5.41) is 4.88. The molecule has 0 saturated carbocycles. The van der Waals surface area contributed by atoms with Crippen molar-refractivity contribution in [2.75, 3.05) is 7.11 Å². The van der Waals surface area contributed by atoms with Crippen LogP contribution in [0.25, 0.3) is 28.2 Å². The molecule has 128 valence electrons. The number of aryl methyl sites for hydroxylation is 1. The number of hydrogen-bond donors (Lipinski definition) is 0. The molecule has 0 aliphatic heterocycles. The minimum Gasteiger partial charge on any atom is -0.497 e. The molecule has 0 atom stereocenters. The fraction of sp³-hybridized carbons (Fsp3) is 0.0870. The average Bonchev–Trinajstić information content (AvgIpc) is 3.15. The van der Waals surface area contributed by atoms with E-state index >= 15 is 0 Å². The molecular formula is C23H20N2O. The molecule has 26 heavy (non-hydrogen) atoms. The fourth-order valence-electron chi connectivity index (χ4n) is 2.98. The lowest BCUT2D eigenvalue weighted by atomic mass is 10.1. The van der Waals surface area contributed by atoms with E-state index in [1.165, 1.54) is 5.56 Å². The maximum Gasteiger partial charge on any atom is 0.118 e. The molecule has 0 spiro atoms. The quantitative estimate of drug-likeness (QED) is 0.489. The summed E-state index contributed by atoms with van der Waals surface area (Å²) >= 11 is 0. The van der Waals surface area contributed by atoms with Crippen molar-refractivity contribution in [2.24, 2.45) is 0 Å². The van der Waals surface area contributed by atoms with Crippen LogP contribution in [0.5, 0.6) is 5.75 Å². The molecule has 4 rings (SSSR count). The minimum absolute atomic E-state index is 0.846. The Morgan fingerprint density at radius 2 is 1.42 bits per heavy atom. The van der Waals surface area contributed by atoms with E-state index in [2.05, 4.69) is 61.5 Å². The topological polar surface area (TPSA) is 27.1 Å². The number of nitrogens with zero attached hydrogens (tertiary/aromatic N) is 2. The van der Waals surface area contributed by atoms with Gasteiger partial charge in [0.05, 0.1) is 24.2 Å². The monoisotopic (exact) mass is 340 g/mol. The van der Waals surface area contributed by atoms with Crippen LogP contribution < -0.4 is 4.74 Å². The zero-order valence-electron chi connectivity index (χ0n) is 14.9. The van der Waals surface area contributed by atoms with Gasteiger partial charge in [-0.15, -0.1) is 0 Å². The first kappa shape index (κ1) is 16.2. The van der Waals surface area contributed by atoms with Gasteiger partial charge >= 0.3 is 0 Å². The van der Waals surface area contributed by atoms with E-state index in [1.807, 2.05) is 35.0 Å². The summed E-state index contributed by atoms with van der Waals surface area (Å²) in [5.41, 5.74) is 6.50. The first-order valence-electron chi connectivity index (χ1n) is 8.61. The van der Waals surface area contributed by atoms with Crippen LogP contribution >= 0.6 is 0 Å². The van der Waals surface area contributed by atoms with Gasteiger partial charge < -0.3 is 4.74 Å². The van der Waals surface area contributed by atoms with Crippen LogP contribution in [0.15, 0.2) is 84.9 Å². The molecule has 0 amide bonds. The van der Waals surface area contributed by atoms with E-state index in [-0.39, 0.29) is 0 Å². The highest BCUT2D eigenvalue weighted by molar-refractivity contribution is 5.71. The van der Waals surface area contributed by atoms with Crippen molar-refractivity contribution >= 4 is 0 Å². The van der Waals surface area contributed by atoms with Crippen LogP contribution in [0.2, 0.25) is 0 Å². The Hall–Kier alpha value is -3.33. The molecule has 3 aromatic carbocycles.